The third-order valence-corrected chi connectivity index (χ3v) is 6.25. The summed E-state index contributed by atoms with van der Waals surface area (Å²) in [4.78, 5) is 28.5. The van der Waals surface area contributed by atoms with Gasteiger partial charge in [-0.15, -0.1) is 0 Å². The van der Waals surface area contributed by atoms with Crippen molar-refractivity contribution < 1.29 is 14.3 Å². The Balaban J connectivity index is 1.39. The maximum absolute atomic E-state index is 12.1. The second kappa shape index (κ2) is 8.38. The fourth-order valence-corrected chi connectivity index (χ4v) is 4.50. The molecule has 1 aliphatic carbocycles. The molecule has 0 bridgehead atoms. The van der Waals surface area contributed by atoms with Crippen molar-refractivity contribution in [3.05, 3.63) is 24.3 Å². The Morgan fingerprint density at radius 2 is 1.85 bits per heavy atom. The highest BCUT2D eigenvalue weighted by Gasteiger charge is 2.31. The number of hydrogen-bond acceptors (Lipinski definition) is 5. The summed E-state index contributed by atoms with van der Waals surface area (Å²) in [7, 11) is 0. The Kier molecular flexibility index (Phi) is 6.15. The molecule has 0 spiro atoms. The smallest absolute Gasteiger partial charge is 0.306 e. The number of carbonyl (C=O) groups is 2. The molecule has 6 heteroatoms. The number of anilines is 1. The summed E-state index contributed by atoms with van der Waals surface area (Å²) >= 11 is 1.43. The van der Waals surface area contributed by atoms with Crippen LogP contribution in [0.1, 0.15) is 59.3 Å². The predicted molar refractivity (Wildman–Crippen MR) is 109 cm³/mol. The number of hydrogen-bond donors (Lipinski definition) is 1. The Morgan fingerprint density at radius 1 is 1.15 bits per heavy atom. The molecule has 0 unspecified atom stereocenters. The van der Waals surface area contributed by atoms with Crippen LogP contribution in [0.4, 0.5) is 5.13 Å². The van der Waals surface area contributed by atoms with E-state index >= 15 is 0 Å². The molecule has 1 aromatic heterocycles. The summed E-state index contributed by atoms with van der Waals surface area (Å²) in [6, 6.07) is 7.73. The van der Waals surface area contributed by atoms with Gasteiger partial charge < -0.3 is 10.1 Å². The molecule has 0 aliphatic heterocycles. The molecular formula is C21H28N2O3S. The van der Waals surface area contributed by atoms with Gasteiger partial charge in [0.15, 0.2) is 5.13 Å². The Bertz CT molecular complexity index is 768. The zero-order valence-corrected chi connectivity index (χ0v) is 17.1. The summed E-state index contributed by atoms with van der Waals surface area (Å²) in [6.45, 7) is 6.82. The molecular weight excluding hydrogens is 360 g/mol. The van der Waals surface area contributed by atoms with Crippen LogP contribution in [0.15, 0.2) is 24.3 Å². The van der Waals surface area contributed by atoms with Crippen LogP contribution in [0, 0.1) is 11.3 Å². The molecule has 0 atom stereocenters. The number of ether oxygens (including phenoxy) is 1. The van der Waals surface area contributed by atoms with E-state index in [1.807, 2.05) is 24.3 Å². The average Bonchev–Trinajstić information content (AvgIpc) is 3.02. The van der Waals surface area contributed by atoms with E-state index in [1.165, 1.54) is 11.3 Å². The number of thiazole rings is 1. The van der Waals surface area contributed by atoms with E-state index in [2.05, 4.69) is 31.1 Å². The van der Waals surface area contributed by atoms with Crippen LogP contribution >= 0.6 is 11.3 Å². The zero-order chi connectivity index (χ0) is 19.4. The Morgan fingerprint density at radius 3 is 2.52 bits per heavy atom. The third-order valence-electron chi connectivity index (χ3n) is 5.29. The third kappa shape index (κ3) is 5.51. The first kappa shape index (κ1) is 19.8. The molecule has 1 amide bonds. The molecule has 2 aromatic rings. The number of fused-ring (bicyclic) bond motifs is 1. The topological polar surface area (TPSA) is 68.3 Å². The highest BCUT2D eigenvalue weighted by Crippen LogP contribution is 2.38. The highest BCUT2D eigenvalue weighted by molar-refractivity contribution is 7.22. The van der Waals surface area contributed by atoms with Gasteiger partial charge in [0, 0.05) is 6.42 Å². The number of carbonyl (C=O) groups excluding carboxylic acids is 2. The van der Waals surface area contributed by atoms with E-state index in [4.69, 9.17) is 4.74 Å². The van der Waals surface area contributed by atoms with Gasteiger partial charge in [-0.2, -0.15) is 0 Å². The minimum Gasteiger partial charge on any atom is -0.462 e. The molecule has 1 N–H and O–H groups in total. The van der Waals surface area contributed by atoms with Gasteiger partial charge in [0.1, 0.15) is 6.10 Å². The van der Waals surface area contributed by atoms with E-state index in [9.17, 15) is 9.59 Å². The lowest BCUT2D eigenvalue weighted by molar-refractivity contribution is -0.152. The van der Waals surface area contributed by atoms with Gasteiger partial charge in [-0.05, 0) is 49.1 Å². The Hall–Kier alpha value is -1.95. The summed E-state index contributed by atoms with van der Waals surface area (Å²) in [5, 5.41) is 3.34. The number of benzene rings is 1. The first-order chi connectivity index (χ1) is 12.8. The van der Waals surface area contributed by atoms with Crippen LogP contribution in [-0.2, 0) is 14.3 Å². The number of rotatable bonds is 5. The van der Waals surface area contributed by atoms with Gasteiger partial charge in [-0.1, -0.05) is 44.2 Å². The van der Waals surface area contributed by atoms with E-state index in [-0.39, 0.29) is 30.8 Å². The van der Waals surface area contributed by atoms with Crippen molar-refractivity contribution in [3.8, 4) is 0 Å². The molecule has 5 nitrogen and oxygen atoms in total. The number of amides is 1. The molecule has 1 saturated carbocycles. The van der Waals surface area contributed by atoms with Gasteiger partial charge in [0.25, 0.3) is 0 Å². The fraction of sp³-hybridized carbons (Fsp3) is 0.571. The number of nitrogens with one attached hydrogen (secondary N) is 1. The van der Waals surface area contributed by atoms with Crippen molar-refractivity contribution in [2.24, 2.45) is 11.3 Å². The van der Waals surface area contributed by atoms with Gasteiger partial charge >= 0.3 is 5.97 Å². The number of para-hydroxylation sites is 1. The van der Waals surface area contributed by atoms with Crippen molar-refractivity contribution in [2.75, 3.05) is 5.32 Å². The second-order valence-electron chi connectivity index (χ2n) is 8.36. The van der Waals surface area contributed by atoms with Gasteiger partial charge in [-0.25, -0.2) is 4.98 Å². The van der Waals surface area contributed by atoms with E-state index < -0.39 is 0 Å². The van der Waals surface area contributed by atoms with Crippen LogP contribution < -0.4 is 5.32 Å². The molecule has 1 aromatic carbocycles. The van der Waals surface area contributed by atoms with Crippen molar-refractivity contribution >= 4 is 38.6 Å². The van der Waals surface area contributed by atoms with Crippen LogP contribution in [0.3, 0.4) is 0 Å². The quantitative estimate of drug-likeness (QED) is 0.718. The number of nitrogens with zero attached hydrogens (tertiary/aromatic N) is 1. The molecule has 1 heterocycles. The van der Waals surface area contributed by atoms with Gasteiger partial charge in [-0.3, -0.25) is 9.59 Å². The summed E-state index contributed by atoms with van der Waals surface area (Å²) < 4.78 is 6.59. The summed E-state index contributed by atoms with van der Waals surface area (Å²) in [6.07, 6.45) is 4.27. The first-order valence-electron chi connectivity index (χ1n) is 9.66. The lowest BCUT2D eigenvalue weighted by Gasteiger charge is -2.36. The maximum atomic E-state index is 12.1. The maximum Gasteiger partial charge on any atom is 0.306 e. The minimum atomic E-state index is -0.284. The second-order valence-corrected chi connectivity index (χ2v) is 9.40. The van der Waals surface area contributed by atoms with Crippen molar-refractivity contribution in [1.29, 1.82) is 0 Å². The molecule has 0 radical (unpaired) electrons. The largest absolute Gasteiger partial charge is 0.462 e. The standard InChI is InChI=1S/C21H28N2O3S/c1-21(2,3)14-8-10-15(11-9-14)26-19(25)13-12-18(24)23-20-22-16-6-4-5-7-17(16)27-20/h4-7,14-15H,8-13H2,1-3H3,(H,22,23,24). The lowest BCUT2D eigenvalue weighted by atomic mass is 9.72. The fourth-order valence-electron chi connectivity index (χ4n) is 3.61. The van der Waals surface area contributed by atoms with E-state index in [0.29, 0.717) is 16.5 Å². The summed E-state index contributed by atoms with van der Waals surface area (Å²) in [5.41, 5.74) is 1.18. The molecule has 0 saturated heterocycles. The molecule has 1 fully saturated rings. The lowest BCUT2D eigenvalue weighted by Crippen LogP contribution is -2.30. The van der Waals surface area contributed by atoms with Crippen molar-refractivity contribution in [3.63, 3.8) is 0 Å². The van der Waals surface area contributed by atoms with Crippen LogP contribution in [0.25, 0.3) is 10.2 Å². The average molecular weight is 389 g/mol. The normalized spacial score (nSPS) is 20.4. The van der Waals surface area contributed by atoms with Crippen LogP contribution in [0.5, 0.6) is 0 Å². The number of aromatic nitrogens is 1. The first-order valence-corrected chi connectivity index (χ1v) is 10.5. The van der Waals surface area contributed by atoms with Crippen molar-refractivity contribution in [2.45, 2.75) is 65.4 Å². The highest BCUT2D eigenvalue weighted by atomic mass is 32.1. The minimum absolute atomic E-state index is 0.00317. The Labute approximate surface area is 164 Å². The predicted octanol–water partition coefficient (Wildman–Crippen LogP) is 5.16. The number of esters is 1. The van der Waals surface area contributed by atoms with Crippen molar-refractivity contribution in [1.82, 2.24) is 4.98 Å². The van der Waals surface area contributed by atoms with Crippen LogP contribution in [0.2, 0.25) is 0 Å². The molecule has 27 heavy (non-hydrogen) atoms. The van der Waals surface area contributed by atoms with Gasteiger partial charge in [0.05, 0.1) is 16.6 Å². The van der Waals surface area contributed by atoms with E-state index in [0.717, 1.165) is 35.9 Å². The SMILES string of the molecule is CC(C)(C)C1CCC(OC(=O)CCC(=O)Nc2nc3ccccc3s2)CC1. The molecule has 146 valence electrons. The monoisotopic (exact) mass is 388 g/mol. The molecule has 1 aliphatic rings. The van der Waals surface area contributed by atoms with Gasteiger partial charge in [0.2, 0.25) is 5.91 Å². The molecule has 3 rings (SSSR count). The summed E-state index contributed by atoms with van der Waals surface area (Å²) in [5.74, 6) is 0.197. The van der Waals surface area contributed by atoms with Crippen LogP contribution in [-0.4, -0.2) is 23.0 Å². The zero-order valence-electron chi connectivity index (χ0n) is 16.3. The van der Waals surface area contributed by atoms with E-state index in [1.54, 1.807) is 0 Å².